The van der Waals surface area contributed by atoms with Gasteiger partial charge in [-0.05, 0) is 12.0 Å². The Bertz CT molecular complexity index is 646. The predicted octanol–water partition coefficient (Wildman–Crippen LogP) is 2.13. The Balaban J connectivity index is 1.67. The molecule has 0 aliphatic heterocycles. The highest BCUT2D eigenvalue weighted by Gasteiger charge is 2.21. The smallest absolute Gasteiger partial charge is 0.435 e. The van der Waals surface area contributed by atoms with Crippen molar-refractivity contribution < 1.29 is 14.3 Å². The second-order valence-electron chi connectivity index (χ2n) is 4.80. The molecule has 0 unspecified atom stereocenters. The van der Waals surface area contributed by atoms with Crippen LogP contribution < -0.4 is 0 Å². The van der Waals surface area contributed by atoms with Crippen molar-refractivity contribution >= 4 is 11.9 Å². The van der Waals surface area contributed by atoms with Crippen molar-refractivity contribution in [1.29, 1.82) is 0 Å². The van der Waals surface area contributed by atoms with Gasteiger partial charge in [0.15, 0.2) is 0 Å². The molecular weight excluding hydrogens is 256 g/mol. The first-order chi connectivity index (χ1) is 9.72. The summed E-state index contributed by atoms with van der Waals surface area (Å²) in [6.45, 7) is 0.211. The molecule has 2 aromatic rings. The van der Waals surface area contributed by atoms with Gasteiger partial charge in [-0.1, -0.05) is 30.3 Å². The first kappa shape index (κ1) is 12.6. The van der Waals surface area contributed by atoms with E-state index in [1.54, 1.807) is 6.20 Å². The first-order valence-corrected chi connectivity index (χ1v) is 6.52. The summed E-state index contributed by atoms with van der Waals surface area (Å²) in [5.41, 5.74) is 2.58. The Morgan fingerprint density at radius 3 is 2.85 bits per heavy atom. The number of rotatable bonds is 2. The Kier molecular flexibility index (Phi) is 3.33. The third-order valence-electron chi connectivity index (χ3n) is 3.30. The van der Waals surface area contributed by atoms with Gasteiger partial charge in [0.2, 0.25) is 0 Å². The summed E-state index contributed by atoms with van der Waals surface area (Å²) in [6.07, 6.45) is 2.55. The maximum absolute atomic E-state index is 11.9. The molecule has 1 heterocycles. The van der Waals surface area contributed by atoms with Gasteiger partial charge in [-0.2, -0.15) is 9.78 Å². The molecule has 1 aromatic heterocycles. The van der Waals surface area contributed by atoms with E-state index in [4.69, 9.17) is 4.74 Å². The summed E-state index contributed by atoms with van der Waals surface area (Å²) in [6, 6.07) is 9.47. The van der Waals surface area contributed by atoms with E-state index in [0.29, 0.717) is 19.3 Å². The number of carbonyl (C=O) groups excluding carboxylic acids is 2. The van der Waals surface area contributed by atoms with Crippen LogP contribution in [0.25, 0.3) is 0 Å². The number of aryl methyl sites for hydroxylation is 1. The molecule has 102 valence electrons. The molecule has 5 heteroatoms. The molecule has 3 rings (SSSR count). The molecule has 0 bridgehead atoms. The van der Waals surface area contributed by atoms with E-state index in [0.717, 1.165) is 16.8 Å². The van der Waals surface area contributed by atoms with Crippen molar-refractivity contribution in [2.45, 2.75) is 25.9 Å². The summed E-state index contributed by atoms with van der Waals surface area (Å²) in [4.78, 5) is 23.3. The van der Waals surface area contributed by atoms with Gasteiger partial charge >= 0.3 is 6.09 Å². The lowest BCUT2D eigenvalue weighted by molar-refractivity contribution is -0.118. The summed E-state index contributed by atoms with van der Waals surface area (Å²) in [5.74, 6) is 0.190. The fourth-order valence-corrected chi connectivity index (χ4v) is 2.24. The molecule has 0 radical (unpaired) electrons. The molecule has 0 saturated heterocycles. The Labute approximate surface area is 116 Å². The van der Waals surface area contributed by atoms with Crippen LogP contribution in [-0.2, 0) is 29.0 Å². The largest absolute Gasteiger partial charge is 0.443 e. The van der Waals surface area contributed by atoms with Crippen molar-refractivity contribution in [3.8, 4) is 0 Å². The molecule has 0 saturated carbocycles. The van der Waals surface area contributed by atoms with Crippen LogP contribution >= 0.6 is 0 Å². The summed E-state index contributed by atoms with van der Waals surface area (Å²) in [7, 11) is 0. The zero-order valence-corrected chi connectivity index (χ0v) is 10.9. The minimum atomic E-state index is -0.518. The molecule has 5 nitrogen and oxygen atoms in total. The topological polar surface area (TPSA) is 61.2 Å². The predicted molar refractivity (Wildman–Crippen MR) is 71.3 cm³/mol. The van der Waals surface area contributed by atoms with Gasteiger partial charge < -0.3 is 4.74 Å². The van der Waals surface area contributed by atoms with Crippen LogP contribution in [0.1, 0.15) is 23.2 Å². The van der Waals surface area contributed by atoms with Crippen LogP contribution in [0.2, 0.25) is 0 Å². The van der Waals surface area contributed by atoms with Gasteiger partial charge in [-0.3, -0.25) is 4.79 Å². The lowest BCUT2D eigenvalue weighted by atomic mass is 9.97. The molecule has 0 atom stereocenters. The number of benzene rings is 1. The second kappa shape index (κ2) is 5.28. The van der Waals surface area contributed by atoms with Crippen molar-refractivity contribution in [2.24, 2.45) is 0 Å². The fourth-order valence-electron chi connectivity index (χ4n) is 2.24. The molecule has 1 aliphatic rings. The van der Waals surface area contributed by atoms with E-state index in [-0.39, 0.29) is 12.4 Å². The van der Waals surface area contributed by atoms with Crippen LogP contribution in [-0.4, -0.2) is 21.7 Å². The first-order valence-electron chi connectivity index (χ1n) is 6.52. The Hall–Kier alpha value is -2.43. The van der Waals surface area contributed by atoms with E-state index in [1.807, 2.05) is 30.3 Å². The van der Waals surface area contributed by atoms with Gasteiger partial charge in [0, 0.05) is 24.6 Å². The normalized spacial score (nSPS) is 13.9. The molecule has 0 N–H and O–H groups in total. The van der Waals surface area contributed by atoms with Gasteiger partial charge in [0.05, 0.1) is 5.69 Å². The molecule has 20 heavy (non-hydrogen) atoms. The lowest BCUT2D eigenvalue weighted by Crippen LogP contribution is -2.14. The molecule has 0 amide bonds. The lowest BCUT2D eigenvalue weighted by Gasteiger charge is -2.06. The molecular formula is C15H14N2O3. The van der Waals surface area contributed by atoms with Gasteiger partial charge in [-0.25, -0.2) is 4.79 Å². The number of fused-ring (bicyclic) bond motifs is 1. The number of aromatic nitrogens is 2. The molecule has 1 aromatic carbocycles. The van der Waals surface area contributed by atoms with Crippen LogP contribution in [0.3, 0.4) is 0 Å². The van der Waals surface area contributed by atoms with Gasteiger partial charge in [-0.15, -0.1) is 0 Å². The maximum Gasteiger partial charge on any atom is 0.435 e. The summed E-state index contributed by atoms with van der Waals surface area (Å²) in [5, 5.41) is 4.19. The van der Waals surface area contributed by atoms with Crippen molar-refractivity contribution in [3.05, 3.63) is 53.3 Å². The highest BCUT2D eigenvalue weighted by atomic mass is 16.6. The van der Waals surface area contributed by atoms with Gasteiger partial charge in [0.25, 0.3) is 0 Å². The molecule has 1 aliphatic carbocycles. The van der Waals surface area contributed by atoms with E-state index < -0.39 is 6.09 Å². The number of ketones is 1. The maximum atomic E-state index is 11.9. The zero-order chi connectivity index (χ0) is 13.9. The average Bonchev–Trinajstić information content (AvgIpc) is 2.89. The number of carbonyl (C=O) groups is 2. The quantitative estimate of drug-likeness (QED) is 0.838. The van der Waals surface area contributed by atoms with Crippen LogP contribution in [0, 0.1) is 0 Å². The summed E-state index contributed by atoms with van der Waals surface area (Å²) >= 11 is 0. The highest BCUT2D eigenvalue weighted by Crippen LogP contribution is 2.17. The van der Waals surface area contributed by atoms with E-state index in [9.17, 15) is 9.59 Å². The summed E-state index contributed by atoms with van der Waals surface area (Å²) < 4.78 is 6.38. The van der Waals surface area contributed by atoms with Crippen molar-refractivity contribution in [1.82, 2.24) is 9.78 Å². The van der Waals surface area contributed by atoms with Crippen molar-refractivity contribution in [3.63, 3.8) is 0 Å². The molecule has 0 spiro atoms. The minimum Gasteiger partial charge on any atom is -0.443 e. The number of hydrogen-bond donors (Lipinski definition) is 0. The van der Waals surface area contributed by atoms with E-state index in [1.165, 1.54) is 4.68 Å². The molecule has 0 fully saturated rings. The van der Waals surface area contributed by atoms with Gasteiger partial charge in [0.1, 0.15) is 12.4 Å². The van der Waals surface area contributed by atoms with Crippen LogP contribution in [0.5, 0.6) is 0 Å². The third kappa shape index (κ3) is 2.61. The third-order valence-corrected chi connectivity index (χ3v) is 3.30. The fraction of sp³-hybridized carbons (Fsp3) is 0.267. The van der Waals surface area contributed by atoms with E-state index >= 15 is 0 Å². The average molecular weight is 270 g/mol. The number of nitrogens with zero attached hydrogens (tertiary/aromatic N) is 2. The highest BCUT2D eigenvalue weighted by molar-refractivity contribution is 5.83. The SMILES string of the molecule is O=C1CCc2nn(C(=O)OCc3ccccc3)cc2C1. The Morgan fingerprint density at radius 1 is 1.25 bits per heavy atom. The zero-order valence-electron chi connectivity index (χ0n) is 10.9. The van der Waals surface area contributed by atoms with Crippen LogP contribution in [0.15, 0.2) is 36.5 Å². The number of hydrogen-bond acceptors (Lipinski definition) is 4. The van der Waals surface area contributed by atoms with Crippen molar-refractivity contribution in [2.75, 3.05) is 0 Å². The van der Waals surface area contributed by atoms with E-state index in [2.05, 4.69) is 5.10 Å². The second-order valence-corrected chi connectivity index (χ2v) is 4.80. The van der Waals surface area contributed by atoms with Crippen LogP contribution in [0.4, 0.5) is 4.79 Å². The standard InChI is InChI=1S/C15H14N2O3/c18-13-6-7-14-12(8-13)9-17(16-14)15(19)20-10-11-4-2-1-3-5-11/h1-5,9H,6-8,10H2. The minimum absolute atomic E-state index is 0.190. The number of ether oxygens (including phenoxy) is 1. The Morgan fingerprint density at radius 2 is 2.05 bits per heavy atom. The monoisotopic (exact) mass is 270 g/mol. The number of Topliss-reactive ketones (excluding diaryl/α,β-unsaturated/α-hetero) is 1.